The van der Waals surface area contributed by atoms with Gasteiger partial charge >= 0.3 is 0 Å². The van der Waals surface area contributed by atoms with Gasteiger partial charge in [-0.1, -0.05) is 0 Å². The second-order valence-electron chi connectivity index (χ2n) is 6.15. The Labute approximate surface area is 135 Å². The average molecular weight is 343 g/mol. The van der Waals surface area contributed by atoms with Gasteiger partial charge in [0.15, 0.2) is 9.84 Å². The average Bonchev–Trinajstić information content (AvgIpc) is 3.04. The zero-order chi connectivity index (χ0) is 15.7. The van der Waals surface area contributed by atoms with Crippen LogP contribution < -0.4 is 0 Å². The van der Waals surface area contributed by atoms with E-state index < -0.39 is 9.84 Å². The van der Waals surface area contributed by atoms with Crippen LogP contribution in [0.15, 0.2) is 11.6 Å². The Balaban J connectivity index is 1.40. The Morgan fingerprint density at radius 2 is 2.27 bits per heavy atom. The Morgan fingerprint density at radius 1 is 1.50 bits per heavy atom. The quantitative estimate of drug-likeness (QED) is 0.782. The number of hydrogen-bond donors (Lipinski definition) is 0. The Bertz CT molecular complexity index is 624. The lowest BCUT2D eigenvalue weighted by Crippen LogP contribution is -2.49. The fourth-order valence-corrected chi connectivity index (χ4v) is 5.54. The molecule has 1 aromatic heterocycles. The van der Waals surface area contributed by atoms with E-state index >= 15 is 0 Å². The van der Waals surface area contributed by atoms with Crippen molar-refractivity contribution in [3.8, 4) is 0 Å². The number of sulfone groups is 1. The van der Waals surface area contributed by atoms with E-state index in [1.807, 2.05) is 22.2 Å². The number of hydrogen-bond acceptors (Lipinski definition) is 6. The van der Waals surface area contributed by atoms with Crippen molar-refractivity contribution in [1.29, 1.82) is 0 Å². The summed E-state index contributed by atoms with van der Waals surface area (Å²) >= 11 is 1.64. The van der Waals surface area contributed by atoms with E-state index in [9.17, 15) is 13.2 Å². The SMILES string of the molecule is CN(CCC(=O)N1CC(c2nccs2)C1)[C@@H]1CCS(=O)(=O)C1. The second kappa shape index (κ2) is 6.25. The second-order valence-corrected chi connectivity index (χ2v) is 9.31. The molecule has 0 unspecified atom stereocenters. The summed E-state index contributed by atoms with van der Waals surface area (Å²) in [5, 5.41) is 3.07. The van der Waals surface area contributed by atoms with Crippen LogP contribution in [0.2, 0.25) is 0 Å². The van der Waals surface area contributed by atoms with E-state index in [4.69, 9.17) is 0 Å². The molecule has 0 saturated carbocycles. The predicted molar refractivity (Wildman–Crippen MR) is 85.7 cm³/mol. The number of nitrogens with zero attached hydrogens (tertiary/aromatic N) is 3. The van der Waals surface area contributed by atoms with Crippen LogP contribution in [-0.2, 0) is 14.6 Å². The highest BCUT2D eigenvalue weighted by Gasteiger charge is 2.34. The molecule has 3 heterocycles. The summed E-state index contributed by atoms with van der Waals surface area (Å²) in [4.78, 5) is 20.3. The Kier molecular flexibility index (Phi) is 4.52. The molecular weight excluding hydrogens is 322 g/mol. The number of rotatable bonds is 5. The van der Waals surface area contributed by atoms with Gasteiger partial charge in [-0.05, 0) is 13.5 Å². The fourth-order valence-electron chi connectivity index (χ4n) is 3.01. The molecule has 1 aromatic rings. The summed E-state index contributed by atoms with van der Waals surface area (Å²) in [5.41, 5.74) is 0. The van der Waals surface area contributed by atoms with Crippen molar-refractivity contribution >= 4 is 27.1 Å². The van der Waals surface area contributed by atoms with Crippen LogP contribution in [0.25, 0.3) is 0 Å². The summed E-state index contributed by atoms with van der Waals surface area (Å²) in [6.07, 6.45) is 2.94. The van der Waals surface area contributed by atoms with Gasteiger partial charge in [0.1, 0.15) is 0 Å². The smallest absolute Gasteiger partial charge is 0.223 e. The van der Waals surface area contributed by atoms with Crippen molar-refractivity contribution < 1.29 is 13.2 Å². The van der Waals surface area contributed by atoms with Gasteiger partial charge in [0.05, 0.1) is 16.5 Å². The molecule has 22 heavy (non-hydrogen) atoms. The molecule has 6 nitrogen and oxygen atoms in total. The molecule has 0 spiro atoms. The maximum absolute atomic E-state index is 12.2. The highest BCUT2D eigenvalue weighted by atomic mass is 32.2. The first-order chi connectivity index (χ1) is 10.4. The minimum absolute atomic E-state index is 0.0669. The van der Waals surface area contributed by atoms with Gasteiger partial charge < -0.3 is 9.80 Å². The molecule has 0 bridgehead atoms. The standard InChI is InChI=1S/C14H21N3O3S2/c1-16(12-3-7-22(19,20)10-12)5-2-13(18)17-8-11(9-17)14-15-4-6-21-14/h4,6,11-12H,2-3,5,7-10H2,1H3/t12-/m1/s1. The lowest BCUT2D eigenvalue weighted by molar-refractivity contribution is -0.136. The molecule has 2 aliphatic rings. The number of carbonyl (C=O) groups is 1. The van der Waals surface area contributed by atoms with Crippen LogP contribution in [0.4, 0.5) is 0 Å². The third kappa shape index (κ3) is 3.49. The monoisotopic (exact) mass is 343 g/mol. The number of likely N-dealkylation sites (tertiary alicyclic amines) is 1. The normalized spacial score (nSPS) is 24.6. The van der Waals surface area contributed by atoms with Gasteiger partial charge in [0.25, 0.3) is 0 Å². The zero-order valence-corrected chi connectivity index (χ0v) is 14.3. The lowest BCUT2D eigenvalue weighted by atomic mass is 10.0. The summed E-state index contributed by atoms with van der Waals surface area (Å²) in [7, 11) is -0.954. The third-order valence-electron chi connectivity index (χ3n) is 4.55. The summed E-state index contributed by atoms with van der Waals surface area (Å²) in [6.45, 7) is 2.14. The van der Waals surface area contributed by atoms with Crippen molar-refractivity contribution in [2.75, 3.05) is 38.2 Å². The van der Waals surface area contributed by atoms with Crippen LogP contribution in [0.5, 0.6) is 0 Å². The molecule has 2 saturated heterocycles. The molecule has 1 amide bonds. The number of carbonyl (C=O) groups excluding carboxylic acids is 1. The molecule has 0 N–H and O–H groups in total. The van der Waals surface area contributed by atoms with Gasteiger partial charge in [0, 0.05) is 49.6 Å². The molecule has 0 aromatic carbocycles. The largest absolute Gasteiger partial charge is 0.341 e. The van der Waals surface area contributed by atoms with E-state index in [1.54, 1.807) is 17.5 Å². The van der Waals surface area contributed by atoms with Gasteiger partial charge in [-0.3, -0.25) is 4.79 Å². The molecule has 0 radical (unpaired) electrons. The molecule has 8 heteroatoms. The Hall–Kier alpha value is -0.990. The van der Waals surface area contributed by atoms with Crippen LogP contribution in [-0.4, -0.2) is 73.3 Å². The summed E-state index contributed by atoms with van der Waals surface area (Å²) < 4.78 is 23.0. The van der Waals surface area contributed by atoms with E-state index in [1.165, 1.54) is 0 Å². The van der Waals surface area contributed by atoms with Crippen molar-refractivity contribution in [3.05, 3.63) is 16.6 Å². The highest BCUT2D eigenvalue weighted by molar-refractivity contribution is 7.91. The highest BCUT2D eigenvalue weighted by Crippen LogP contribution is 2.28. The van der Waals surface area contributed by atoms with E-state index in [0.29, 0.717) is 25.3 Å². The molecule has 2 aliphatic heterocycles. The first-order valence-corrected chi connectivity index (χ1v) is 10.2. The zero-order valence-electron chi connectivity index (χ0n) is 12.6. The maximum atomic E-state index is 12.2. The van der Waals surface area contributed by atoms with Crippen LogP contribution in [0.3, 0.4) is 0 Å². The van der Waals surface area contributed by atoms with Crippen LogP contribution in [0.1, 0.15) is 23.8 Å². The summed E-state index contributed by atoms with van der Waals surface area (Å²) in [6, 6.07) is 0.0669. The van der Waals surface area contributed by atoms with Crippen molar-refractivity contribution in [3.63, 3.8) is 0 Å². The number of amides is 1. The minimum atomic E-state index is -2.86. The Morgan fingerprint density at radius 3 is 2.86 bits per heavy atom. The van der Waals surface area contributed by atoms with Crippen LogP contribution in [0, 0.1) is 0 Å². The van der Waals surface area contributed by atoms with Crippen LogP contribution >= 0.6 is 11.3 Å². The van der Waals surface area contributed by atoms with Gasteiger partial charge in [0.2, 0.25) is 5.91 Å². The maximum Gasteiger partial charge on any atom is 0.223 e. The molecular formula is C14H21N3O3S2. The van der Waals surface area contributed by atoms with Crippen molar-refractivity contribution in [1.82, 2.24) is 14.8 Å². The minimum Gasteiger partial charge on any atom is -0.341 e. The molecule has 2 fully saturated rings. The molecule has 0 aliphatic carbocycles. The van der Waals surface area contributed by atoms with E-state index in [-0.39, 0.29) is 23.5 Å². The van der Waals surface area contributed by atoms with Crippen molar-refractivity contribution in [2.45, 2.75) is 24.8 Å². The third-order valence-corrected chi connectivity index (χ3v) is 7.23. The predicted octanol–water partition coefficient (Wildman–Crippen LogP) is 0.578. The lowest BCUT2D eigenvalue weighted by Gasteiger charge is -2.38. The first kappa shape index (κ1) is 15.9. The fraction of sp³-hybridized carbons (Fsp3) is 0.714. The number of thiazole rings is 1. The van der Waals surface area contributed by atoms with Gasteiger partial charge in [-0.25, -0.2) is 13.4 Å². The topological polar surface area (TPSA) is 70.6 Å². The molecule has 122 valence electrons. The summed E-state index contributed by atoms with van der Waals surface area (Å²) in [5.74, 6) is 1.05. The van der Waals surface area contributed by atoms with Gasteiger partial charge in [-0.15, -0.1) is 11.3 Å². The van der Waals surface area contributed by atoms with E-state index in [2.05, 4.69) is 4.98 Å². The van der Waals surface area contributed by atoms with Crippen molar-refractivity contribution in [2.24, 2.45) is 0 Å². The van der Waals surface area contributed by atoms with E-state index in [0.717, 1.165) is 18.1 Å². The number of aromatic nitrogens is 1. The first-order valence-electron chi connectivity index (χ1n) is 7.52. The molecule has 3 rings (SSSR count). The van der Waals surface area contributed by atoms with Gasteiger partial charge in [-0.2, -0.15) is 0 Å². The molecule has 1 atom stereocenters.